The molecule has 0 spiro atoms. The van der Waals surface area contributed by atoms with E-state index in [4.69, 9.17) is 0 Å². The van der Waals surface area contributed by atoms with E-state index in [0.29, 0.717) is 0 Å². The zero-order valence-corrected chi connectivity index (χ0v) is 20.1. The maximum atomic E-state index is 2.44. The molecule has 1 heterocycles. The first-order valence-electron chi connectivity index (χ1n) is 12.0. The van der Waals surface area contributed by atoms with Gasteiger partial charge in [0, 0.05) is 0 Å². The summed E-state index contributed by atoms with van der Waals surface area (Å²) < 4.78 is 0. The van der Waals surface area contributed by atoms with Crippen molar-refractivity contribution in [1.29, 1.82) is 0 Å². The van der Waals surface area contributed by atoms with Crippen molar-refractivity contribution < 1.29 is 0 Å². The van der Waals surface area contributed by atoms with E-state index < -0.39 is 8.07 Å². The Morgan fingerprint density at radius 3 is 2.09 bits per heavy atom. The van der Waals surface area contributed by atoms with Crippen molar-refractivity contribution in [2.24, 2.45) is 0 Å². The van der Waals surface area contributed by atoms with Crippen molar-refractivity contribution >= 4 is 50.4 Å². The van der Waals surface area contributed by atoms with E-state index in [9.17, 15) is 0 Å². The van der Waals surface area contributed by atoms with Crippen molar-refractivity contribution in [3.05, 3.63) is 133 Å². The van der Waals surface area contributed by atoms with Gasteiger partial charge in [0.05, 0.1) is 0 Å². The Morgan fingerprint density at radius 2 is 1.21 bits per heavy atom. The summed E-state index contributed by atoms with van der Waals surface area (Å²) in [6, 6.07) is 47.9. The summed E-state index contributed by atoms with van der Waals surface area (Å²) in [5.41, 5.74) is 4.15. The Bertz CT molecular complexity index is 1710. The van der Waals surface area contributed by atoms with Gasteiger partial charge in [0.25, 0.3) is 0 Å². The number of hydrogen-bond acceptors (Lipinski definition) is 0. The predicted octanol–water partition coefficient (Wildman–Crippen LogP) is 5.66. The molecule has 1 aliphatic rings. The molecule has 0 saturated carbocycles. The van der Waals surface area contributed by atoms with Gasteiger partial charge in [-0.3, -0.25) is 0 Å². The van der Waals surface area contributed by atoms with Crippen LogP contribution in [0.15, 0.2) is 127 Å². The molecule has 1 heteroatoms. The maximum absolute atomic E-state index is 2.46. The van der Waals surface area contributed by atoms with Crippen LogP contribution in [0, 0.1) is 6.92 Å². The Hall–Kier alpha value is -3.94. The lowest BCUT2D eigenvalue weighted by atomic mass is 9.94. The van der Waals surface area contributed by atoms with Crippen LogP contribution in [0.1, 0.15) is 5.56 Å². The van der Waals surface area contributed by atoms with E-state index in [1.807, 2.05) is 0 Å². The smallest absolute Gasteiger partial charge is 0.0623 e. The second-order valence-electron chi connectivity index (χ2n) is 9.40. The van der Waals surface area contributed by atoms with E-state index >= 15 is 0 Å². The minimum Gasteiger partial charge on any atom is -0.0623 e. The van der Waals surface area contributed by atoms with E-state index in [-0.39, 0.29) is 0 Å². The molecule has 0 aromatic heterocycles. The quantitative estimate of drug-likeness (QED) is 0.236. The average molecular weight is 449 g/mol. The molecule has 0 aliphatic carbocycles. The topological polar surface area (TPSA) is 0 Å². The highest BCUT2D eigenvalue weighted by Gasteiger charge is 2.49. The van der Waals surface area contributed by atoms with Crippen LogP contribution < -0.4 is 20.7 Å². The molecule has 1 aliphatic heterocycles. The largest absolute Gasteiger partial charge is 0.180 e. The van der Waals surface area contributed by atoms with Gasteiger partial charge in [0.2, 0.25) is 0 Å². The van der Waals surface area contributed by atoms with E-state index in [0.717, 1.165) is 0 Å². The molecule has 6 aromatic carbocycles. The van der Waals surface area contributed by atoms with Gasteiger partial charge in [0.1, 0.15) is 0 Å². The van der Waals surface area contributed by atoms with Crippen LogP contribution in [0.2, 0.25) is 0 Å². The second-order valence-corrected chi connectivity index (χ2v) is 13.1. The fourth-order valence-corrected chi connectivity index (χ4v) is 11.5. The highest BCUT2D eigenvalue weighted by molar-refractivity contribution is 7.22. The summed E-state index contributed by atoms with van der Waals surface area (Å²) >= 11 is 0. The van der Waals surface area contributed by atoms with Crippen LogP contribution in [0.25, 0.3) is 32.7 Å². The summed E-state index contributed by atoms with van der Waals surface area (Å²) in [5.74, 6) is 0. The van der Waals surface area contributed by atoms with Crippen LogP contribution in [-0.4, -0.2) is 8.07 Å². The van der Waals surface area contributed by atoms with Crippen molar-refractivity contribution in [2.45, 2.75) is 6.92 Å². The fourth-order valence-electron chi connectivity index (χ4n) is 6.22. The van der Waals surface area contributed by atoms with Gasteiger partial charge in [-0.2, -0.15) is 0 Å². The first-order chi connectivity index (χ1) is 16.8. The third-order valence-corrected chi connectivity index (χ3v) is 12.4. The molecular weight excluding hydrogens is 424 g/mol. The number of hydrogen-bond donors (Lipinski definition) is 0. The molecule has 0 amide bonds. The normalized spacial score (nSPS) is 16.5. The molecule has 0 radical (unpaired) electrons. The fraction of sp³-hybridized carbons (Fsp3) is 0.0303. The Balaban J connectivity index is 1.74. The molecular formula is C33H24Si. The van der Waals surface area contributed by atoms with Gasteiger partial charge in [-0.25, -0.2) is 0 Å². The van der Waals surface area contributed by atoms with E-state index in [1.165, 1.54) is 59.0 Å². The lowest BCUT2D eigenvalue weighted by Crippen LogP contribution is -2.72. The molecule has 0 fully saturated rings. The van der Waals surface area contributed by atoms with Gasteiger partial charge in [-0.05, 0) is 60.3 Å². The number of fused-ring (bicyclic) bond motifs is 7. The van der Waals surface area contributed by atoms with Crippen LogP contribution in [-0.2, 0) is 0 Å². The summed E-state index contributed by atoms with van der Waals surface area (Å²) in [6.45, 7) is 2.21. The van der Waals surface area contributed by atoms with Crippen molar-refractivity contribution in [3.63, 3.8) is 0 Å². The van der Waals surface area contributed by atoms with Gasteiger partial charge >= 0.3 is 0 Å². The maximum Gasteiger partial charge on any atom is 0.180 e. The zero-order valence-electron chi connectivity index (χ0n) is 19.1. The first-order valence-corrected chi connectivity index (χ1v) is 14.0. The average Bonchev–Trinajstić information content (AvgIpc) is 3.20. The van der Waals surface area contributed by atoms with Gasteiger partial charge < -0.3 is 0 Å². The van der Waals surface area contributed by atoms with Crippen molar-refractivity contribution in [2.75, 3.05) is 0 Å². The van der Waals surface area contributed by atoms with Gasteiger partial charge in [-0.1, -0.05) is 133 Å². The van der Waals surface area contributed by atoms with E-state index in [1.54, 1.807) is 0 Å². The molecule has 6 aromatic rings. The first kappa shape index (κ1) is 19.5. The van der Waals surface area contributed by atoms with Crippen LogP contribution in [0.5, 0.6) is 0 Å². The molecule has 7 rings (SSSR count). The van der Waals surface area contributed by atoms with Crippen LogP contribution >= 0.6 is 0 Å². The minimum absolute atomic E-state index is 1.30. The number of rotatable bonds is 2. The molecule has 0 nitrogen and oxygen atoms in total. The lowest BCUT2D eigenvalue weighted by molar-refractivity contribution is 1.49. The lowest BCUT2D eigenvalue weighted by Gasteiger charge is -2.31. The Kier molecular flexibility index (Phi) is 4.18. The van der Waals surface area contributed by atoms with Crippen LogP contribution in [0.4, 0.5) is 0 Å². The third-order valence-electron chi connectivity index (χ3n) is 7.57. The summed E-state index contributed by atoms with van der Waals surface area (Å²) in [7, 11) is -2.46. The molecule has 0 bridgehead atoms. The molecule has 1 unspecified atom stereocenters. The summed E-state index contributed by atoms with van der Waals surface area (Å²) in [6.07, 6.45) is 0. The van der Waals surface area contributed by atoms with Gasteiger partial charge in [-0.15, -0.1) is 0 Å². The summed E-state index contributed by atoms with van der Waals surface area (Å²) in [4.78, 5) is 0. The molecule has 34 heavy (non-hydrogen) atoms. The highest BCUT2D eigenvalue weighted by atomic mass is 28.3. The van der Waals surface area contributed by atoms with Crippen LogP contribution in [0.3, 0.4) is 0 Å². The summed E-state index contributed by atoms with van der Waals surface area (Å²) in [5, 5.41) is 11.3. The highest BCUT2D eigenvalue weighted by Crippen LogP contribution is 2.38. The van der Waals surface area contributed by atoms with Crippen molar-refractivity contribution in [3.8, 4) is 11.1 Å². The monoisotopic (exact) mass is 448 g/mol. The minimum atomic E-state index is -2.46. The molecule has 0 saturated heterocycles. The SMILES string of the molecule is Cc1cccc([Si]2(c3ccccc3)c3ccccc3-c3c2ccc2ccc4ccccc4c32)c1. The standard InChI is InChI=1S/C33H24Si/c1-23-10-9-14-27(22-23)34(26-12-3-2-4-13-26)30-17-8-7-16-29(30)33-31(34)21-20-25-19-18-24-11-5-6-15-28(24)32(25)33/h2-22H,1H3. The van der Waals surface area contributed by atoms with Crippen molar-refractivity contribution in [1.82, 2.24) is 0 Å². The number of aryl methyl sites for hydroxylation is 1. The third kappa shape index (κ3) is 2.53. The molecule has 0 N–H and O–H groups in total. The second kappa shape index (κ2) is 7.28. The molecule has 160 valence electrons. The molecule has 1 atom stereocenters. The predicted molar refractivity (Wildman–Crippen MR) is 149 cm³/mol. The zero-order chi connectivity index (χ0) is 22.7. The Labute approximate surface area is 201 Å². The Morgan fingerprint density at radius 1 is 0.500 bits per heavy atom. The number of benzene rings is 6. The van der Waals surface area contributed by atoms with Gasteiger partial charge in [0.15, 0.2) is 8.07 Å². The van der Waals surface area contributed by atoms with E-state index in [2.05, 4.69) is 134 Å².